The maximum atomic E-state index is 12.0. The van der Waals surface area contributed by atoms with Crippen molar-refractivity contribution in [2.24, 2.45) is 0 Å². The summed E-state index contributed by atoms with van der Waals surface area (Å²) >= 11 is 0. The number of carbonyl (C=O) groups is 2. The molecule has 1 aromatic rings. The molecule has 0 aliphatic heterocycles. The predicted octanol–water partition coefficient (Wildman–Crippen LogP) is 2.23. The average Bonchev–Trinajstić information content (AvgIpc) is 2.87. The van der Waals surface area contributed by atoms with Crippen molar-refractivity contribution in [2.75, 3.05) is 0 Å². The highest BCUT2D eigenvalue weighted by atomic mass is 16.4. The fourth-order valence-corrected chi connectivity index (χ4v) is 1.92. The molecule has 0 saturated carbocycles. The third-order valence-electron chi connectivity index (χ3n) is 3.25. The molecule has 6 nitrogen and oxygen atoms in total. The number of nitrogens with one attached hydrogen (secondary N) is 1. The second-order valence-corrected chi connectivity index (χ2v) is 5.10. The Labute approximate surface area is 119 Å². The summed E-state index contributed by atoms with van der Waals surface area (Å²) in [6, 6.07) is -0.400. The second kappa shape index (κ2) is 7.67. The minimum atomic E-state index is -1.04. The zero-order valence-electron chi connectivity index (χ0n) is 12.3. The van der Waals surface area contributed by atoms with Crippen LogP contribution in [0.2, 0.25) is 0 Å². The minimum absolute atomic E-state index is 0.0839. The third-order valence-corrected chi connectivity index (χ3v) is 3.25. The Balaban J connectivity index is 2.51. The Morgan fingerprint density at radius 2 is 2.10 bits per heavy atom. The molecule has 0 saturated heterocycles. The van der Waals surface area contributed by atoms with Crippen molar-refractivity contribution in [2.45, 2.75) is 58.5 Å². The van der Waals surface area contributed by atoms with Crippen molar-refractivity contribution in [1.29, 1.82) is 0 Å². The molecule has 1 amide bonds. The van der Waals surface area contributed by atoms with Gasteiger partial charge in [0.25, 0.3) is 0 Å². The number of hydrogen-bond donors (Lipinski definition) is 2. The Morgan fingerprint density at radius 3 is 2.65 bits per heavy atom. The van der Waals surface area contributed by atoms with Crippen molar-refractivity contribution < 1.29 is 14.7 Å². The van der Waals surface area contributed by atoms with Crippen LogP contribution in [-0.2, 0) is 4.79 Å². The fraction of sp³-hybridized carbons (Fsp3) is 0.643. The number of carbonyl (C=O) groups excluding carboxylic acids is 1. The molecule has 0 bridgehead atoms. The third kappa shape index (κ3) is 4.68. The molecule has 0 aliphatic carbocycles. The molecule has 2 atom stereocenters. The molecule has 20 heavy (non-hydrogen) atoms. The lowest BCUT2D eigenvalue weighted by molar-refractivity contribution is -0.124. The molecule has 0 aliphatic rings. The van der Waals surface area contributed by atoms with E-state index in [0.29, 0.717) is 0 Å². The van der Waals surface area contributed by atoms with Crippen LogP contribution in [-0.4, -0.2) is 32.8 Å². The van der Waals surface area contributed by atoms with E-state index in [9.17, 15) is 9.59 Å². The minimum Gasteiger partial charge on any atom is -0.478 e. The molecule has 0 radical (unpaired) electrons. The van der Waals surface area contributed by atoms with Gasteiger partial charge in [0.05, 0.1) is 11.8 Å². The lowest BCUT2D eigenvalue weighted by Gasteiger charge is -2.17. The largest absolute Gasteiger partial charge is 0.478 e. The van der Waals surface area contributed by atoms with Crippen molar-refractivity contribution >= 4 is 11.9 Å². The zero-order valence-corrected chi connectivity index (χ0v) is 12.3. The van der Waals surface area contributed by atoms with Gasteiger partial charge in [-0.3, -0.25) is 9.48 Å². The molecule has 112 valence electrons. The van der Waals surface area contributed by atoms with Crippen LogP contribution in [0.4, 0.5) is 0 Å². The molecule has 2 N–H and O–H groups in total. The SMILES string of the molecule is CCCCCC(C)NC(=O)C(C)n1cc(C(=O)O)cn1. The van der Waals surface area contributed by atoms with Gasteiger partial charge in [-0.15, -0.1) is 0 Å². The Morgan fingerprint density at radius 1 is 1.40 bits per heavy atom. The first kappa shape index (κ1) is 16.2. The van der Waals surface area contributed by atoms with E-state index in [4.69, 9.17) is 5.11 Å². The number of amides is 1. The highest BCUT2D eigenvalue weighted by Crippen LogP contribution is 2.09. The van der Waals surface area contributed by atoms with E-state index >= 15 is 0 Å². The summed E-state index contributed by atoms with van der Waals surface area (Å²) in [6.07, 6.45) is 6.98. The van der Waals surface area contributed by atoms with E-state index in [0.717, 1.165) is 25.7 Å². The number of nitrogens with zero attached hydrogens (tertiary/aromatic N) is 2. The lowest BCUT2D eigenvalue weighted by Crippen LogP contribution is -2.37. The summed E-state index contributed by atoms with van der Waals surface area (Å²) in [7, 11) is 0. The van der Waals surface area contributed by atoms with Gasteiger partial charge in [0.2, 0.25) is 5.91 Å². The van der Waals surface area contributed by atoms with Gasteiger partial charge in [0.1, 0.15) is 6.04 Å². The average molecular weight is 281 g/mol. The van der Waals surface area contributed by atoms with Gasteiger partial charge < -0.3 is 10.4 Å². The van der Waals surface area contributed by atoms with E-state index in [1.54, 1.807) is 6.92 Å². The molecule has 2 unspecified atom stereocenters. The first-order valence-corrected chi connectivity index (χ1v) is 7.03. The summed E-state index contributed by atoms with van der Waals surface area (Å²) in [4.78, 5) is 22.8. The van der Waals surface area contributed by atoms with E-state index in [2.05, 4.69) is 17.3 Å². The lowest BCUT2D eigenvalue weighted by atomic mass is 10.1. The molecule has 0 spiro atoms. The standard InChI is InChI=1S/C14H23N3O3/c1-4-5-6-7-10(2)16-13(18)11(3)17-9-12(8-15-17)14(19)20/h8-11H,4-7H2,1-3H3,(H,16,18)(H,19,20). The smallest absolute Gasteiger partial charge is 0.338 e. The van der Waals surface area contributed by atoms with Crippen LogP contribution in [0.25, 0.3) is 0 Å². The normalized spacial score (nSPS) is 13.8. The number of carboxylic acids is 1. The van der Waals surface area contributed by atoms with Gasteiger partial charge in [0.15, 0.2) is 0 Å². The first-order chi connectivity index (χ1) is 9.45. The van der Waals surface area contributed by atoms with Crippen LogP contribution in [0.5, 0.6) is 0 Å². The number of aromatic nitrogens is 2. The van der Waals surface area contributed by atoms with E-state index in [-0.39, 0.29) is 17.5 Å². The fourth-order valence-electron chi connectivity index (χ4n) is 1.92. The molecule has 1 aromatic heterocycles. The summed E-state index contributed by atoms with van der Waals surface area (Å²) < 4.78 is 1.37. The van der Waals surface area contributed by atoms with Gasteiger partial charge in [-0.1, -0.05) is 26.2 Å². The monoisotopic (exact) mass is 281 g/mol. The molecule has 0 fully saturated rings. The molecule has 1 heterocycles. The van der Waals surface area contributed by atoms with Crippen LogP contribution in [0.15, 0.2) is 12.4 Å². The van der Waals surface area contributed by atoms with E-state index in [1.807, 2.05) is 6.92 Å². The van der Waals surface area contributed by atoms with E-state index < -0.39 is 12.0 Å². The van der Waals surface area contributed by atoms with Gasteiger partial charge >= 0.3 is 5.97 Å². The van der Waals surface area contributed by atoms with Crippen molar-refractivity contribution in [3.8, 4) is 0 Å². The second-order valence-electron chi connectivity index (χ2n) is 5.10. The number of unbranched alkanes of at least 4 members (excludes halogenated alkanes) is 2. The Bertz CT molecular complexity index is 456. The number of carboxylic acid groups (broad SMARTS) is 1. The van der Waals surface area contributed by atoms with Gasteiger partial charge in [-0.05, 0) is 20.3 Å². The highest BCUT2D eigenvalue weighted by molar-refractivity contribution is 5.87. The summed E-state index contributed by atoms with van der Waals surface area (Å²) in [6.45, 7) is 5.82. The van der Waals surface area contributed by atoms with Crippen LogP contribution in [0, 0.1) is 0 Å². The van der Waals surface area contributed by atoms with Crippen LogP contribution in [0.3, 0.4) is 0 Å². The van der Waals surface area contributed by atoms with Crippen molar-refractivity contribution in [3.63, 3.8) is 0 Å². The van der Waals surface area contributed by atoms with Crippen LogP contribution >= 0.6 is 0 Å². The molecular formula is C14H23N3O3. The Hall–Kier alpha value is -1.85. The summed E-state index contributed by atoms with van der Waals surface area (Å²) in [5, 5.41) is 15.7. The topological polar surface area (TPSA) is 84.2 Å². The van der Waals surface area contributed by atoms with Gasteiger partial charge in [-0.2, -0.15) is 5.10 Å². The van der Waals surface area contributed by atoms with Gasteiger partial charge in [-0.25, -0.2) is 4.79 Å². The van der Waals surface area contributed by atoms with Crippen molar-refractivity contribution in [3.05, 3.63) is 18.0 Å². The Kier molecular flexibility index (Phi) is 6.21. The number of aromatic carboxylic acids is 1. The van der Waals surface area contributed by atoms with Gasteiger partial charge in [0, 0.05) is 12.2 Å². The van der Waals surface area contributed by atoms with Crippen molar-refractivity contribution in [1.82, 2.24) is 15.1 Å². The summed E-state index contributed by atoms with van der Waals surface area (Å²) in [5.74, 6) is -1.19. The quantitative estimate of drug-likeness (QED) is 0.716. The predicted molar refractivity (Wildman–Crippen MR) is 75.6 cm³/mol. The maximum absolute atomic E-state index is 12.0. The molecular weight excluding hydrogens is 258 g/mol. The number of hydrogen-bond acceptors (Lipinski definition) is 3. The molecule has 0 aromatic carbocycles. The first-order valence-electron chi connectivity index (χ1n) is 7.03. The molecule has 6 heteroatoms. The zero-order chi connectivity index (χ0) is 15.1. The summed E-state index contributed by atoms with van der Waals surface area (Å²) in [5.41, 5.74) is 0.0839. The molecule has 1 rings (SSSR count). The van der Waals surface area contributed by atoms with E-state index in [1.165, 1.54) is 17.1 Å². The van der Waals surface area contributed by atoms with Crippen LogP contribution < -0.4 is 5.32 Å². The highest BCUT2D eigenvalue weighted by Gasteiger charge is 2.18. The maximum Gasteiger partial charge on any atom is 0.338 e. The van der Waals surface area contributed by atoms with Crippen LogP contribution in [0.1, 0.15) is 62.9 Å². The number of rotatable bonds is 8.